The Morgan fingerprint density at radius 2 is 1.82 bits per heavy atom. The van der Waals surface area contributed by atoms with Crippen molar-refractivity contribution in [2.45, 2.75) is 64.5 Å². The zero-order chi connectivity index (χ0) is 24.0. The van der Waals surface area contributed by atoms with Gasteiger partial charge in [-0.1, -0.05) is 6.07 Å². The zero-order valence-corrected chi connectivity index (χ0v) is 20.5. The topological polar surface area (TPSA) is 85.3 Å². The molecular weight excluding hydrogens is 437 g/mol. The van der Waals surface area contributed by atoms with Gasteiger partial charge in [0, 0.05) is 50.9 Å². The van der Waals surface area contributed by atoms with Crippen molar-refractivity contribution in [2.75, 3.05) is 0 Å². The number of piperidine rings is 1. The first kappa shape index (κ1) is 23.3. The van der Waals surface area contributed by atoms with Crippen LogP contribution in [0.15, 0.2) is 36.7 Å². The number of thiophene rings is 1. The molecule has 6 nitrogen and oxygen atoms in total. The van der Waals surface area contributed by atoms with E-state index in [9.17, 15) is 4.39 Å². The van der Waals surface area contributed by atoms with Crippen LogP contribution in [0.25, 0.3) is 26.3 Å². The number of hydrogen-bond acceptors (Lipinski definition) is 5. The van der Waals surface area contributed by atoms with E-state index in [0.717, 1.165) is 44.9 Å². The molecule has 3 N–H and O–H groups in total. The summed E-state index contributed by atoms with van der Waals surface area (Å²) in [6, 6.07) is 8.02. The highest BCUT2D eigenvalue weighted by Crippen LogP contribution is 2.40. The Morgan fingerprint density at radius 3 is 2.48 bits per heavy atom. The van der Waals surface area contributed by atoms with Gasteiger partial charge in [-0.15, -0.1) is 11.3 Å². The minimum Gasteiger partial charge on any atom is -0.372 e. The molecule has 1 amide bonds. The zero-order valence-electron chi connectivity index (χ0n) is 19.6. The summed E-state index contributed by atoms with van der Waals surface area (Å²) in [6.07, 6.45) is 6.18. The van der Waals surface area contributed by atoms with E-state index in [-0.39, 0.29) is 23.3 Å². The second-order valence-corrected chi connectivity index (χ2v) is 11.1. The number of aromatic nitrogens is 3. The van der Waals surface area contributed by atoms with Gasteiger partial charge in [-0.25, -0.2) is 14.4 Å². The third-order valence-corrected chi connectivity index (χ3v) is 7.02. The molecule has 5 rings (SSSR count). The Kier molecular flexibility index (Phi) is 6.01. The molecule has 1 fully saturated rings. The number of carbonyl (C=O) groups is 1. The smallest absolute Gasteiger partial charge is 0.204 e. The van der Waals surface area contributed by atoms with Crippen molar-refractivity contribution in [1.29, 1.82) is 0 Å². The standard InChI is InChI=1S/C24H27FN4S.CH3NO/c1-14-12-29-13-16(8-18(25)21(29)26-14)20-9-15-6-7-19(27-22(15)30-20)17-10-23(2,3)28-24(4,5)11-17;2-1-3/h6-9,12-13,17,28H,10-11H2,1-5H3;1H,(H2,2,3). The number of rotatable bonds is 2. The van der Waals surface area contributed by atoms with Crippen LogP contribution >= 0.6 is 11.3 Å². The number of nitrogens with one attached hydrogen (secondary N) is 1. The van der Waals surface area contributed by atoms with Crippen molar-refractivity contribution in [3.05, 3.63) is 53.9 Å². The number of amides is 1. The minimum atomic E-state index is -0.300. The van der Waals surface area contributed by atoms with Crippen LogP contribution in [-0.4, -0.2) is 31.9 Å². The molecular formula is C25H30FN5OS. The van der Waals surface area contributed by atoms with Crippen molar-refractivity contribution >= 4 is 33.6 Å². The van der Waals surface area contributed by atoms with E-state index in [1.807, 2.05) is 19.3 Å². The third-order valence-electron chi connectivity index (χ3n) is 5.92. The van der Waals surface area contributed by atoms with Gasteiger partial charge < -0.3 is 15.5 Å². The normalized spacial score (nSPS) is 17.6. The lowest BCUT2D eigenvalue weighted by atomic mass is 9.74. The van der Waals surface area contributed by atoms with Gasteiger partial charge in [-0.2, -0.15) is 0 Å². The maximum atomic E-state index is 14.6. The van der Waals surface area contributed by atoms with Gasteiger partial charge >= 0.3 is 0 Å². The van der Waals surface area contributed by atoms with Crippen molar-refractivity contribution < 1.29 is 9.18 Å². The van der Waals surface area contributed by atoms with Gasteiger partial charge in [0.15, 0.2) is 11.5 Å². The highest BCUT2D eigenvalue weighted by molar-refractivity contribution is 7.21. The van der Waals surface area contributed by atoms with Crippen LogP contribution in [0.2, 0.25) is 0 Å². The highest BCUT2D eigenvalue weighted by Gasteiger charge is 2.38. The summed E-state index contributed by atoms with van der Waals surface area (Å²) >= 11 is 1.63. The van der Waals surface area contributed by atoms with Gasteiger partial charge in [-0.3, -0.25) is 4.79 Å². The third kappa shape index (κ3) is 4.91. The lowest BCUT2D eigenvalue weighted by Gasteiger charge is -2.46. The Balaban J connectivity index is 0.000000821. The largest absolute Gasteiger partial charge is 0.372 e. The molecule has 0 aromatic carbocycles. The van der Waals surface area contributed by atoms with Crippen molar-refractivity contribution in [2.24, 2.45) is 5.73 Å². The molecule has 5 heterocycles. The first-order valence-corrected chi connectivity index (χ1v) is 11.8. The molecule has 0 atom stereocenters. The van der Waals surface area contributed by atoms with E-state index >= 15 is 0 Å². The number of primary amides is 1. The predicted molar refractivity (Wildman–Crippen MR) is 132 cm³/mol. The second kappa shape index (κ2) is 8.50. The van der Waals surface area contributed by atoms with E-state index in [0.29, 0.717) is 11.6 Å². The number of nitrogens with zero attached hydrogens (tertiary/aromatic N) is 3. The van der Waals surface area contributed by atoms with Gasteiger partial charge in [0.05, 0.1) is 5.69 Å². The number of fused-ring (bicyclic) bond motifs is 2. The molecule has 0 bridgehead atoms. The van der Waals surface area contributed by atoms with E-state index in [4.69, 9.17) is 9.78 Å². The van der Waals surface area contributed by atoms with E-state index in [1.165, 1.54) is 0 Å². The van der Waals surface area contributed by atoms with Gasteiger partial charge in [0.25, 0.3) is 0 Å². The summed E-state index contributed by atoms with van der Waals surface area (Å²) in [4.78, 5) is 19.9. The van der Waals surface area contributed by atoms with Gasteiger partial charge in [0.1, 0.15) is 4.83 Å². The first-order valence-electron chi connectivity index (χ1n) is 11.0. The molecule has 1 aliphatic rings. The van der Waals surface area contributed by atoms with Crippen LogP contribution < -0.4 is 11.1 Å². The van der Waals surface area contributed by atoms with Crippen molar-refractivity contribution in [3.63, 3.8) is 0 Å². The fraction of sp³-hybridized carbons (Fsp3) is 0.400. The molecule has 0 spiro atoms. The van der Waals surface area contributed by atoms with Crippen LogP contribution in [0, 0.1) is 12.7 Å². The summed E-state index contributed by atoms with van der Waals surface area (Å²) < 4.78 is 16.3. The van der Waals surface area contributed by atoms with Crippen LogP contribution in [0.1, 0.15) is 57.8 Å². The molecule has 0 radical (unpaired) electrons. The Labute approximate surface area is 197 Å². The van der Waals surface area contributed by atoms with Gasteiger partial charge in [0.2, 0.25) is 6.41 Å². The minimum absolute atomic E-state index is 0.0829. The molecule has 8 heteroatoms. The Bertz CT molecular complexity index is 1310. The number of aryl methyl sites for hydroxylation is 1. The van der Waals surface area contributed by atoms with Crippen molar-refractivity contribution in [3.8, 4) is 10.4 Å². The SMILES string of the molecule is Cc1cn2cc(-c3cc4ccc(C5CC(C)(C)NC(C)(C)C5)nc4s3)cc(F)c2n1.NC=O. The maximum absolute atomic E-state index is 14.6. The Morgan fingerprint density at radius 1 is 1.15 bits per heavy atom. The molecule has 0 unspecified atom stereocenters. The lowest BCUT2D eigenvalue weighted by molar-refractivity contribution is -0.106. The monoisotopic (exact) mass is 467 g/mol. The Hall–Kier alpha value is -2.84. The number of nitrogens with two attached hydrogens (primary N) is 1. The van der Waals surface area contributed by atoms with Crippen LogP contribution in [-0.2, 0) is 4.79 Å². The van der Waals surface area contributed by atoms with E-state index in [2.05, 4.69) is 61.9 Å². The number of carbonyl (C=O) groups excluding carboxylic acids is 1. The second-order valence-electron chi connectivity index (χ2n) is 10.1. The molecule has 174 valence electrons. The summed E-state index contributed by atoms with van der Waals surface area (Å²) in [5.41, 5.74) is 7.52. The molecule has 1 saturated heterocycles. The number of halogens is 1. The van der Waals surface area contributed by atoms with Crippen molar-refractivity contribution in [1.82, 2.24) is 19.7 Å². The fourth-order valence-electron chi connectivity index (χ4n) is 5.15. The molecule has 0 saturated carbocycles. The highest BCUT2D eigenvalue weighted by atomic mass is 32.1. The average molecular weight is 468 g/mol. The van der Waals surface area contributed by atoms with Gasteiger partial charge in [-0.05, 0) is 65.7 Å². The number of imidazole rings is 1. The molecule has 0 aliphatic carbocycles. The molecule has 1 aliphatic heterocycles. The summed E-state index contributed by atoms with van der Waals surface area (Å²) in [7, 11) is 0. The molecule has 33 heavy (non-hydrogen) atoms. The maximum Gasteiger partial charge on any atom is 0.204 e. The quantitative estimate of drug-likeness (QED) is 0.398. The number of hydrogen-bond donors (Lipinski definition) is 2. The predicted octanol–water partition coefficient (Wildman–Crippen LogP) is 5.18. The van der Waals surface area contributed by atoms with Crippen LogP contribution in [0.5, 0.6) is 0 Å². The molecule has 4 aromatic rings. The molecule has 4 aromatic heterocycles. The number of pyridine rings is 2. The van der Waals surface area contributed by atoms with Crippen LogP contribution in [0.4, 0.5) is 4.39 Å². The lowest BCUT2D eigenvalue weighted by Crippen LogP contribution is -2.57. The fourth-order valence-corrected chi connectivity index (χ4v) is 6.17. The average Bonchev–Trinajstić information content (AvgIpc) is 3.28. The summed E-state index contributed by atoms with van der Waals surface area (Å²) in [6.45, 7) is 11.0. The van der Waals surface area contributed by atoms with E-state index < -0.39 is 0 Å². The first-order chi connectivity index (χ1) is 15.5. The van der Waals surface area contributed by atoms with E-state index in [1.54, 1.807) is 21.8 Å². The summed E-state index contributed by atoms with van der Waals surface area (Å²) in [5, 5.41) is 4.85. The summed E-state index contributed by atoms with van der Waals surface area (Å²) in [5.74, 6) is 0.125. The van der Waals surface area contributed by atoms with Crippen LogP contribution in [0.3, 0.4) is 0 Å².